The van der Waals surface area contributed by atoms with Gasteiger partial charge in [-0.3, -0.25) is 0 Å². The molecule has 0 fully saturated rings. The summed E-state index contributed by atoms with van der Waals surface area (Å²) in [5.74, 6) is -0.0295. The van der Waals surface area contributed by atoms with E-state index >= 15 is 0 Å². The topological polar surface area (TPSA) is 75.4 Å². The van der Waals surface area contributed by atoms with E-state index < -0.39 is 10.0 Å². The Morgan fingerprint density at radius 1 is 1.24 bits per heavy atom. The number of thiocarbonyl (C=S) groups is 1. The molecule has 1 aromatic rings. The second kappa shape index (κ2) is 8.43. The van der Waals surface area contributed by atoms with Crippen molar-refractivity contribution in [3.8, 4) is 0 Å². The van der Waals surface area contributed by atoms with Gasteiger partial charge in [0.15, 0.2) is 0 Å². The minimum Gasteiger partial charge on any atom is -0.389 e. The molecule has 0 aliphatic rings. The third kappa shape index (κ3) is 7.52. The number of unbranched alkanes of at least 4 members (excludes halogenated alkanes) is 1. The van der Waals surface area contributed by atoms with E-state index in [1.54, 1.807) is 24.3 Å². The Balaban J connectivity index is 2.43. The Morgan fingerprint density at radius 2 is 1.86 bits per heavy atom. The highest BCUT2D eigenvalue weighted by Crippen LogP contribution is 2.08. The van der Waals surface area contributed by atoms with Crippen molar-refractivity contribution in [2.24, 2.45) is 5.73 Å². The molecule has 0 aliphatic heterocycles. The molecule has 0 unspecified atom stereocenters. The first kappa shape index (κ1) is 18.0. The lowest BCUT2D eigenvalue weighted by molar-refractivity contribution is 0.394. The Hall–Kier alpha value is -1.02. The molecular weight excluding hydrogens is 306 g/mol. The summed E-state index contributed by atoms with van der Waals surface area (Å²) in [4.78, 5) is 2.39. The van der Waals surface area contributed by atoms with Crippen LogP contribution in [0.2, 0.25) is 0 Å². The molecule has 5 nitrogen and oxygen atoms in total. The van der Waals surface area contributed by atoms with E-state index in [0.29, 0.717) is 11.5 Å². The number of rotatable bonds is 9. The fraction of sp³-hybridized carbons (Fsp3) is 0.500. The van der Waals surface area contributed by atoms with Gasteiger partial charge in [0.1, 0.15) is 4.99 Å². The molecule has 0 heterocycles. The lowest BCUT2D eigenvalue weighted by Gasteiger charge is -2.10. The predicted molar refractivity (Wildman–Crippen MR) is 90.7 cm³/mol. The van der Waals surface area contributed by atoms with Gasteiger partial charge in [0.05, 0.1) is 5.75 Å². The monoisotopic (exact) mass is 329 g/mol. The molecule has 7 heteroatoms. The first-order valence-electron chi connectivity index (χ1n) is 6.81. The highest BCUT2D eigenvalue weighted by atomic mass is 32.2. The van der Waals surface area contributed by atoms with Gasteiger partial charge in [-0.25, -0.2) is 13.1 Å². The molecule has 1 rings (SSSR count). The highest BCUT2D eigenvalue weighted by molar-refractivity contribution is 7.88. The van der Waals surface area contributed by atoms with Crippen LogP contribution in [0.25, 0.3) is 0 Å². The Bertz CT molecular complexity index is 554. The van der Waals surface area contributed by atoms with Crippen molar-refractivity contribution < 1.29 is 8.42 Å². The van der Waals surface area contributed by atoms with Crippen LogP contribution in [0.3, 0.4) is 0 Å². The molecule has 21 heavy (non-hydrogen) atoms. The van der Waals surface area contributed by atoms with Crippen molar-refractivity contribution in [3.05, 3.63) is 35.4 Å². The number of hydrogen-bond donors (Lipinski definition) is 2. The summed E-state index contributed by atoms with van der Waals surface area (Å²) in [6.07, 6.45) is 1.80. The van der Waals surface area contributed by atoms with Crippen molar-refractivity contribution in [1.29, 1.82) is 0 Å². The molecule has 1 aromatic carbocycles. The molecule has 0 aliphatic carbocycles. The molecule has 3 N–H and O–H groups in total. The molecular formula is C14H23N3O2S2. The maximum absolute atomic E-state index is 11.9. The molecule has 0 aromatic heterocycles. The van der Waals surface area contributed by atoms with Crippen LogP contribution in [0.15, 0.2) is 24.3 Å². The standard InChI is InChI=1S/C14H23N3O2S2/c1-17(2)10-4-3-9-16-21(18,19)11-12-5-7-13(8-6-12)14(15)20/h5-8,16H,3-4,9-11H2,1-2H3,(H2,15,20). The van der Waals surface area contributed by atoms with Gasteiger partial charge in [-0.05, 0) is 39.0 Å². The van der Waals surface area contributed by atoms with Crippen molar-refractivity contribution >= 4 is 27.2 Å². The fourth-order valence-electron chi connectivity index (χ4n) is 1.82. The van der Waals surface area contributed by atoms with Crippen LogP contribution in [0.4, 0.5) is 0 Å². The zero-order valence-electron chi connectivity index (χ0n) is 12.5. The van der Waals surface area contributed by atoms with E-state index in [0.717, 1.165) is 30.5 Å². The van der Waals surface area contributed by atoms with E-state index in [2.05, 4.69) is 9.62 Å². The number of nitrogens with one attached hydrogen (secondary N) is 1. The highest BCUT2D eigenvalue weighted by Gasteiger charge is 2.11. The van der Waals surface area contributed by atoms with Crippen LogP contribution in [-0.4, -0.2) is 45.5 Å². The van der Waals surface area contributed by atoms with E-state index in [9.17, 15) is 8.42 Å². The maximum atomic E-state index is 11.9. The van der Waals surface area contributed by atoms with Crippen molar-refractivity contribution in [1.82, 2.24) is 9.62 Å². The average molecular weight is 329 g/mol. The molecule has 0 spiro atoms. The normalized spacial score (nSPS) is 11.8. The summed E-state index contributed by atoms with van der Waals surface area (Å²) < 4.78 is 26.5. The van der Waals surface area contributed by atoms with Crippen molar-refractivity contribution in [2.45, 2.75) is 18.6 Å². The van der Waals surface area contributed by atoms with Crippen molar-refractivity contribution in [2.75, 3.05) is 27.2 Å². The van der Waals surface area contributed by atoms with Crippen LogP contribution < -0.4 is 10.5 Å². The molecule has 0 bridgehead atoms. The molecule has 0 saturated carbocycles. The maximum Gasteiger partial charge on any atom is 0.215 e. The lowest BCUT2D eigenvalue weighted by atomic mass is 10.1. The van der Waals surface area contributed by atoms with Gasteiger partial charge < -0.3 is 10.6 Å². The SMILES string of the molecule is CN(C)CCCCNS(=O)(=O)Cc1ccc(C(N)=S)cc1. The van der Waals surface area contributed by atoms with Crippen molar-refractivity contribution in [3.63, 3.8) is 0 Å². The number of nitrogens with zero attached hydrogens (tertiary/aromatic N) is 1. The third-order valence-electron chi connectivity index (χ3n) is 2.95. The molecule has 0 radical (unpaired) electrons. The summed E-state index contributed by atoms with van der Waals surface area (Å²) in [5, 5.41) is 0. The first-order valence-corrected chi connectivity index (χ1v) is 8.87. The minimum absolute atomic E-state index is 0.0295. The van der Waals surface area contributed by atoms with Crippen LogP contribution in [0, 0.1) is 0 Å². The Labute approximate surface area is 132 Å². The third-order valence-corrected chi connectivity index (χ3v) is 4.54. The van der Waals surface area contributed by atoms with Gasteiger partial charge in [-0.1, -0.05) is 36.5 Å². The number of nitrogens with two attached hydrogens (primary N) is 1. The fourth-order valence-corrected chi connectivity index (χ4v) is 3.14. The van der Waals surface area contributed by atoms with Crippen LogP contribution in [0.1, 0.15) is 24.0 Å². The van der Waals surface area contributed by atoms with E-state index in [-0.39, 0.29) is 5.75 Å². The van der Waals surface area contributed by atoms with Crippen LogP contribution in [0.5, 0.6) is 0 Å². The molecule has 0 amide bonds. The summed E-state index contributed by atoms with van der Waals surface area (Å²) in [6, 6.07) is 6.95. The van der Waals surface area contributed by atoms with Gasteiger partial charge >= 0.3 is 0 Å². The second-order valence-corrected chi connectivity index (χ2v) is 7.47. The second-order valence-electron chi connectivity index (χ2n) is 5.22. The molecule has 0 saturated heterocycles. The van der Waals surface area contributed by atoms with E-state index in [4.69, 9.17) is 18.0 Å². The predicted octanol–water partition coefficient (Wildman–Crippen LogP) is 1.08. The first-order chi connectivity index (χ1) is 9.80. The Morgan fingerprint density at radius 3 is 2.38 bits per heavy atom. The number of hydrogen-bond acceptors (Lipinski definition) is 4. The molecule has 0 atom stereocenters. The van der Waals surface area contributed by atoms with Crippen LogP contribution >= 0.6 is 12.2 Å². The van der Waals surface area contributed by atoms with Gasteiger partial charge in [0.2, 0.25) is 10.0 Å². The number of benzene rings is 1. The average Bonchev–Trinajstić information content (AvgIpc) is 2.38. The van der Waals surface area contributed by atoms with Gasteiger partial charge in [-0.2, -0.15) is 0 Å². The van der Waals surface area contributed by atoms with E-state index in [1.165, 1.54) is 0 Å². The zero-order chi connectivity index (χ0) is 15.9. The van der Waals surface area contributed by atoms with Gasteiger partial charge in [-0.15, -0.1) is 0 Å². The zero-order valence-corrected chi connectivity index (χ0v) is 14.1. The van der Waals surface area contributed by atoms with Crippen LogP contribution in [-0.2, 0) is 15.8 Å². The summed E-state index contributed by atoms with van der Waals surface area (Å²) in [5.41, 5.74) is 6.96. The minimum atomic E-state index is -3.30. The molecule has 118 valence electrons. The summed E-state index contributed by atoms with van der Waals surface area (Å²) in [7, 11) is 0.706. The van der Waals surface area contributed by atoms with Gasteiger partial charge in [0, 0.05) is 12.1 Å². The number of sulfonamides is 1. The summed E-state index contributed by atoms with van der Waals surface area (Å²) >= 11 is 4.86. The smallest absolute Gasteiger partial charge is 0.215 e. The van der Waals surface area contributed by atoms with Gasteiger partial charge in [0.25, 0.3) is 0 Å². The largest absolute Gasteiger partial charge is 0.389 e. The van der Waals surface area contributed by atoms with E-state index in [1.807, 2.05) is 14.1 Å². The quantitative estimate of drug-likeness (QED) is 0.524. The Kier molecular flexibility index (Phi) is 7.24. The lowest BCUT2D eigenvalue weighted by Crippen LogP contribution is -2.26. The summed E-state index contributed by atoms with van der Waals surface area (Å²) in [6.45, 7) is 1.43.